The third-order valence-corrected chi connectivity index (χ3v) is 0.224. The maximum Gasteiger partial charge on any atom is 2.00 e. The van der Waals surface area contributed by atoms with Crippen LogP contribution in [-0.2, 0) is 0 Å². The van der Waals surface area contributed by atoms with Gasteiger partial charge in [0.25, 0.3) is 0 Å². The van der Waals surface area contributed by atoms with E-state index in [1.54, 1.807) is 0 Å². The van der Waals surface area contributed by atoms with E-state index in [9.17, 15) is 0 Å². The van der Waals surface area contributed by atoms with Gasteiger partial charge in [-0.2, -0.15) is 20.8 Å². The predicted molar refractivity (Wildman–Crippen MR) is 53.3 cm³/mol. The minimum absolute atomic E-state index is 0. The smallest absolute Gasteiger partial charge is 0.396 e. The Labute approximate surface area is 85.8 Å². The molecule has 10 heavy (non-hydrogen) atoms. The fourth-order valence-electron chi connectivity index (χ4n) is 0. The first-order chi connectivity index (χ1) is 3.65. The average Bonchev–Trinajstić information content (AvgIpc) is 1.65. The summed E-state index contributed by atoms with van der Waals surface area (Å²) in [4.78, 5) is 0. The van der Waals surface area contributed by atoms with E-state index in [1.165, 1.54) is 5.92 Å². The van der Waals surface area contributed by atoms with Crippen molar-refractivity contribution in [3.8, 4) is 0 Å². The van der Waals surface area contributed by atoms with Gasteiger partial charge in [0, 0.05) is 6.61 Å². The van der Waals surface area contributed by atoms with E-state index < -0.39 is 0 Å². The molecule has 0 rings (SSSR count). The van der Waals surface area contributed by atoms with Gasteiger partial charge in [-0.05, 0) is 6.42 Å². The van der Waals surface area contributed by atoms with Crippen LogP contribution in [0.5, 0.6) is 0 Å². The van der Waals surface area contributed by atoms with Gasteiger partial charge in [0.05, 0.1) is 0 Å². The van der Waals surface area contributed by atoms with Crippen LogP contribution in [0.15, 0.2) is 0 Å². The summed E-state index contributed by atoms with van der Waals surface area (Å²) >= 11 is 0. The van der Waals surface area contributed by atoms with Gasteiger partial charge in [0.1, 0.15) is 0 Å². The first kappa shape index (κ1) is 22.4. The van der Waals surface area contributed by atoms with Crippen molar-refractivity contribution in [3.05, 3.63) is 5.92 Å². The zero-order valence-electron chi connectivity index (χ0n) is 8.07. The van der Waals surface area contributed by atoms with Crippen molar-refractivity contribution < 1.29 is 5.11 Å². The molecule has 0 aliphatic heterocycles. The van der Waals surface area contributed by atoms with Gasteiger partial charge in [-0.1, -0.05) is 6.92 Å². The molecule has 0 unspecified atom stereocenters. The van der Waals surface area contributed by atoms with Crippen molar-refractivity contribution in [2.75, 3.05) is 6.61 Å². The van der Waals surface area contributed by atoms with E-state index in [4.69, 9.17) is 5.11 Å². The molecule has 0 aliphatic carbocycles. The van der Waals surface area contributed by atoms with Crippen LogP contribution < -0.4 is 0 Å². The molecule has 0 aromatic heterocycles. The Balaban J connectivity index is -0.0000000300. The van der Waals surface area contributed by atoms with Crippen molar-refractivity contribution in [2.24, 2.45) is 0 Å². The largest absolute Gasteiger partial charge is 2.00 e. The molecule has 0 aliphatic rings. The molecule has 0 atom stereocenters. The molecule has 0 saturated carbocycles. The van der Waals surface area contributed by atoms with Crippen LogP contribution in [0, 0.1) is 5.92 Å². The molecular weight excluding hydrogens is 152 g/mol. The number of hydrogen-bond acceptors (Lipinski definition) is 1. The van der Waals surface area contributed by atoms with Crippen molar-refractivity contribution in [2.45, 2.75) is 34.1 Å². The summed E-state index contributed by atoms with van der Waals surface area (Å²) in [6, 6.07) is 0. The second kappa shape index (κ2) is 22.5. The molecule has 60 valence electrons. The maximum absolute atomic E-state index is 7.88. The summed E-state index contributed by atoms with van der Waals surface area (Å²) < 4.78 is 0. The van der Waals surface area contributed by atoms with Gasteiger partial charge in [-0.25, -0.2) is 0 Å². The number of aliphatic hydroxyl groups excluding tert-OH is 1. The standard InChI is InChI=1S/C4H9.C3H8O.Mg.H3Si/c1-4(2)3;1-2-3-4;;/h1-3H3;4H,2-3H2,1H3;;1H3/q-1;;+2;-1. The Hall–Kier alpha value is 0.943. The number of rotatable bonds is 1. The number of aliphatic hydroxyl groups is 1. The van der Waals surface area contributed by atoms with Crippen LogP contribution in [0.2, 0.25) is 0 Å². The predicted octanol–water partition coefficient (Wildman–Crippen LogP) is 0.445. The van der Waals surface area contributed by atoms with E-state index >= 15 is 0 Å². The molecule has 0 saturated heterocycles. The maximum atomic E-state index is 7.88. The van der Waals surface area contributed by atoms with Crippen LogP contribution in [0.25, 0.3) is 0 Å². The third kappa shape index (κ3) is 149. The van der Waals surface area contributed by atoms with Gasteiger partial charge in [0.2, 0.25) is 0 Å². The van der Waals surface area contributed by atoms with Crippen LogP contribution in [-0.4, -0.2) is 45.7 Å². The third-order valence-electron chi connectivity index (χ3n) is 0.224. The van der Waals surface area contributed by atoms with Crippen LogP contribution in [0.1, 0.15) is 34.1 Å². The molecule has 0 bridgehead atoms. The summed E-state index contributed by atoms with van der Waals surface area (Å²) in [5.41, 5.74) is 0. The zero-order valence-corrected chi connectivity index (χ0v) is 11.5. The topological polar surface area (TPSA) is 20.2 Å². The fourth-order valence-corrected chi connectivity index (χ4v) is 0. The normalized spacial score (nSPS) is 6.60. The SMILES string of the molecule is CCCO.C[C-](C)C.[Mg+2].[SiH3-]. The Bertz CT molecular complexity index is 30.0. The molecule has 0 aromatic carbocycles. The number of hydrogen-bond donors (Lipinski definition) is 1. The quantitative estimate of drug-likeness (QED) is 0.450. The molecule has 0 fully saturated rings. The van der Waals surface area contributed by atoms with E-state index in [0.717, 1.165) is 6.42 Å². The van der Waals surface area contributed by atoms with E-state index in [-0.39, 0.29) is 34.0 Å². The Morgan fingerprint density at radius 3 is 1.30 bits per heavy atom. The Morgan fingerprint density at radius 2 is 1.30 bits per heavy atom. The fraction of sp³-hybridized carbons (Fsp3) is 0.857. The average molecular weight is 173 g/mol. The summed E-state index contributed by atoms with van der Waals surface area (Å²) in [7, 11) is 0. The van der Waals surface area contributed by atoms with Crippen molar-refractivity contribution in [3.63, 3.8) is 0 Å². The summed E-state index contributed by atoms with van der Waals surface area (Å²) in [5, 5.41) is 7.88. The summed E-state index contributed by atoms with van der Waals surface area (Å²) in [5.74, 6) is 1.42. The van der Waals surface area contributed by atoms with Crippen molar-refractivity contribution >= 4 is 34.0 Å². The molecule has 0 spiro atoms. The minimum atomic E-state index is 0. The summed E-state index contributed by atoms with van der Waals surface area (Å²) in [6.45, 7) is 8.50. The summed E-state index contributed by atoms with van der Waals surface area (Å²) in [6.07, 6.45) is 0.875. The van der Waals surface area contributed by atoms with Crippen LogP contribution in [0.4, 0.5) is 0 Å². The van der Waals surface area contributed by atoms with Gasteiger partial charge in [0.15, 0.2) is 0 Å². The van der Waals surface area contributed by atoms with E-state index in [0.29, 0.717) is 6.61 Å². The van der Waals surface area contributed by atoms with Gasteiger partial charge < -0.3 is 22.0 Å². The van der Waals surface area contributed by atoms with Gasteiger partial charge >= 0.3 is 23.1 Å². The molecule has 3 heteroatoms. The van der Waals surface area contributed by atoms with Crippen LogP contribution >= 0.6 is 0 Å². The second-order valence-corrected chi connectivity index (χ2v) is 2.22. The molecule has 0 radical (unpaired) electrons. The monoisotopic (exact) mass is 172 g/mol. The van der Waals surface area contributed by atoms with Crippen molar-refractivity contribution in [1.82, 2.24) is 0 Å². The first-order valence-electron chi connectivity index (χ1n) is 3.02. The molecule has 0 heterocycles. The molecular formula is C7H20MgOSi. The molecule has 0 amide bonds. The zero-order chi connectivity index (χ0) is 6.99. The van der Waals surface area contributed by atoms with Crippen LogP contribution in [0.3, 0.4) is 0 Å². The minimum Gasteiger partial charge on any atom is -0.396 e. The molecule has 1 N–H and O–H groups in total. The molecule has 1 nitrogen and oxygen atoms in total. The Morgan fingerprint density at radius 1 is 1.20 bits per heavy atom. The Kier molecular flexibility index (Phi) is 50.5. The van der Waals surface area contributed by atoms with E-state index in [2.05, 4.69) is 20.8 Å². The van der Waals surface area contributed by atoms with Crippen molar-refractivity contribution in [1.29, 1.82) is 0 Å². The second-order valence-electron chi connectivity index (χ2n) is 2.22. The van der Waals surface area contributed by atoms with Gasteiger partial charge in [-0.15, -0.1) is 0 Å². The van der Waals surface area contributed by atoms with Gasteiger partial charge in [-0.3, -0.25) is 0 Å². The molecule has 0 aromatic rings. The first-order valence-corrected chi connectivity index (χ1v) is 3.02. The van der Waals surface area contributed by atoms with E-state index in [1.807, 2.05) is 6.92 Å².